The Labute approximate surface area is 102 Å². The summed E-state index contributed by atoms with van der Waals surface area (Å²) in [5, 5.41) is 2.96. The van der Waals surface area contributed by atoms with Gasteiger partial charge >= 0.3 is 0 Å². The molecule has 1 amide bonds. The minimum atomic E-state index is -0.363. The van der Waals surface area contributed by atoms with Crippen LogP contribution >= 0.6 is 0 Å². The highest BCUT2D eigenvalue weighted by Gasteiger charge is 2.07. The van der Waals surface area contributed by atoms with E-state index in [1.807, 2.05) is 13.8 Å². The second-order valence-electron chi connectivity index (χ2n) is 3.64. The number of carbonyl (C=O) groups is 1. The topological polar surface area (TPSA) is 115 Å². The van der Waals surface area contributed by atoms with Crippen molar-refractivity contribution in [3.8, 4) is 0 Å². The van der Waals surface area contributed by atoms with Gasteiger partial charge in [0.25, 0.3) is 0 Å². The van der Waals surface area contributed by atoms with Crippen LogP contribution in [0.1, 0.15) is 26.7 Å². The normalized spacial score (nSPS) is 13.2. The van der Waals surface area contributed by atoms with Gasteiger partial charge in [0.2, 0.25) is 11.9 Å². The molecule has 0 aromatic heterocycles. The van der Waals surface area contributed by atoms with Gasteiger partial charge in [0.15, 0.2) is 0 Å². The lowest BCUT2D eigenvalue weighted by atomic mass is 10.2. The van der Waals surface area contributed by atoms with Crippen LogP contribution in [0.3, 0.4) is 0 Å². The number of hydrogen-bond donors (Lipinski definition) is 4. The van der Waals surface area contributed by atoms with Gasteiger partial charge in [0, 0.05) is 32.2 Å². The molecule has 6 N–H and O–H groups in total. The molecule has 0 radical (unpaired) electrons. The molecule has 0 heterocycles. The van der Waals surface area contributed by atoms with Crippen molar-refractivity contribution in [2.75, 3.05) is 19.8 Å². The Morgan fingerprint density at radius 1 is 1.53 bits per heavy atom. The van der Waals surface area contributed by atoms with E-state index in [2.05, 4.69) is 15.7 Å². The van der Waals surface area contributed by atoms with Gasteiger partial charge < -0.3 is 15.8 Å². The van der Waals surface area contributed by atoms with Crippen LogP contribution in [0.4, 0.5) is 0 Å². The van der Waals surface area contributed by atoms with Crippen molar-refractivity contribution < 1.29 is 9.53 Å². The number of guanidine groups is 1. The van der Waals surface area contributed by atoms with Crippen molar-refractivity contribution >= 4 is 11.9 Å². The minimum absolute atomic E-state index is 0.103. The molecule has 0 aromatic rings. The monoisotopic (exact) mass is 245 g/mol. The van der Waals surface area contributed by atoms with E-state index in [0.29, 0.717) is 25.7 Å². The summed E-state index contributed by atoms with van der Waals surface area (Å²) < 4.78 is 5.18. The van der Waals surface area contributed by atoms with Gasteiger partial charge in [0.1, 0.15) is 0 Å². The molecule has 7 heteroatoms. The van der Waals surface area contributed by atoms with E-state index in [9.17, 15) is 4.79 Å². The van der Waals surface area contributed by atoms with E-state index in [-0.39, 0.29) is 18.4 Å². The summed E-state index contributed by atoms with van der Waals surface area (Å²) in [7, 11) is 0. The Balaban J connectivity index is 3.87. The number of hydrazine groups is 1. The summed E-state index contributed by atoms with van der Waals surface area (Å²) in [6, 6.07) is -0.103. The predicted molar refractivity (Wildman–Crippen MR) is 67.1 cm³/mol. The number of aliphatic imine (C=N–C) groups is 1. The zero-order chi connectivity index (χ0) is 13.1. The molecule has 0 fully saturated rings. The van der Waals surface area contributed by atoms with Crippen molar-refractivity contribution in [2.45, 2.75) is 32.7 Å². The van der Waals surface area contributed by atoms with Crippen molar-refractivity contribution in [3.05, 3.63) is 0 Å². The first-order valence-corrected chi connectivity index (χ1v) is 5.73. The number of nitrogens with zero attached hydrogens (tertiary/aromatic N) is 1. The first-order valence-electron chi connectivity index (χ1n) is 5.73. The summed E-state index contributed by atoms with van der Waals surface area (Å²) >= 11 is 0. The number of ether oxygens (including phenoxy) is 1. The third-order valence-corrected chi connectivity index (χ3v) is 1.95. The summed E-state index contributed by atoms with van der Waals surface area (Å²) in [5.74, 6) is 5.39. The van der Waals surface area contributed by atoms with E-state index in [4.69, 9.17) is 16.3 Å². The molecule has 1 atom stereocenters. The van der Waals surface area contributed by atoms with Crippen molar-refractivity contribution in [3.63, 3.8) is 0 Å². The fourth-order valence-corrected chi connectivity index (χ4v) is 1.22. The van der Waals surface area contributed by atoms with Gasteiger partial charge in [-0.1, -0.05) is 0 Å². The Morgan fingerprint density at radius 3 is 2.76 bits per heavy atom. The quantitative estimate of drug-likeness (QED) is 0.145. The Hall–Kier alpha value is -1.34. The summed E-state index contributed by atoms with van der Waals surface area (Å²) in [4.78, 5) is 14.9. The number of amides is 1. The third kappa shape index (κ3) is 9.58. The van der Waals surface area contributed by atoms with E-state index in [1.54, 1.807) is 0 Å². The van der Waals surface area contributed by atoms with Crippen LogP contribution in [0.5, 0.6) is 0 Å². The molecule has 0 aliphatic heterocycles. The highest BCUT2D eigenvalue weighted by molar-refractivity contribution is 5.80. The summed E-state index contributed by atoms with van der Waals surface area (Å²) in [6.45, 7) is 5.77. The SMILES string of the molecule is CCOCCCN=C(NN)NC(C)CC(N)=O. The third-order valence-electron chi connectivity index (χ3n) is 1.95. The zero-order valence-corrected chi connectivity index (χ0v) is 10.5. The average Bonchev–Trinajstić information content (AvgIpc) is 2.26. The van der Waals surface area contributed by atoms with E-state index < -0.39 is 0 Å². The van der Waals surface area contributed by atoms with Gasteiger partial charge in [-0.3, -0.25) is 15.2 Å². The molecule has 0 spiro atoms. The zero-order valence-electron chi connectivity index (χ0n) is 10.5. The lowest BCUT2D eigenvalue weighted by Gasteiger charge is -2.14. The maximum Gasteiger partial charge on any atom is 0.219 e. The van der Waals surface area contributed by atoms with E-state index in [0.717, 1.165) is 6.42 Å². The first-order chi connectivity index (χ1) is 8.10. The molecule has 1 unspecified atom stereocenters. The van der Waals surface area contributed by atoms with Crippen molar-refractivity contribution in [1.82, 2.24) is 10.7 Å². The Bertz CT molecular complexity index is 245. The molecular formula is C10H23N5O2. The molecular weight excluding hydrogens is 222 g/mol. The maximum atomic E-state index is 10.7. The smallest absolute Gasteiger partial charge is 0.219 e. The number of rotatable bonds is 8. The molecule has 0 bridgehead atoms. The van der Waals surface area contributed by atoms with Gasteiger partial charge in [0.05, 0.1) is 0 Å². The Morgan fingerprint density at radius 2 is 2.24 bits per heavy atom. The van der Waals surface area contributed by atoms with Crippen LogP contribution in [-0.4, -0.2) is 37.7 Å². The number of primary amides is 1. The van der Waals surface area contributed by atoms with Crippen LogP contribution in [0.15, 0.2) is 4.99 Å². The maximum absolute atomic E-state index is 10.7. The average molecular weight is 245 g/mol. The molecule has 0 saturated heterocycles. The molecule has 0 rings (SSSR count). The number of hydrogen-bond acceptors (Lipinski definition) is 4. The standard InChI is InChI=1S/C10H23N5O2/c1-3-17-6-4-5-13-10(15-12)14-8(2)7-9(11)16/h8H,3-7,12H2,1-2H3,(H2,11,16)(H2,13,14,15). The van der Waals surface area contributed by atoms with Crippen LogP contribution in [0.2, 0.25) is 0 Å². The fraction of sp³-hybridized carbons (Fsp3) is 0.800. The van der Waals surface area contributed by atoms with Crippen LogP contribution in [0, 0.1) is 0 Å². The van der Waals surface area contributed by atoms with Crippen LogP contribution < -0.4 is 22.3 Å². The highest BCUT2D eigenvalue weighted by Crippen LogP contribution is 1.89. The Kier molecular flexibility index (Phi) is 9.08. The van der Waals surface area contributed by atoms with E-state index >= 15 is 0 Å². The number of nitrogens with one attached hydrogen (secondary N) is 2. The molecule has 7 nitrogen and oxygen atoms in total. The molecule has 0 aromatic carbocycles. The lowest BCUT2D eigenvalue weighted by Crippen LogP contribution is -2.46. The predicted octanol–water partition coefficient (Wildman–Crippen LogP) is -0.914. The van der Waals surface area contributed by atoms with Crippen LogP contribution in [-0.2, 0) is 9.53 Å². The van der Waals surface area contributed by atoms with Crippen molar-refractivity contribution in [2.24, 2.45) is 16.6 Å². The molecule has 100 valence electrons. The van der Waals surface area contributed by atoms with Gasteiger partial charge in [-0.2, -0.15) is 0 Å². The molecule has 0 saturated carbocycles. The second kappa shape index (κ2) is 9.86. The highest BCUT2D eigenvalue weighted by atomic mass is 16.5. The van der Waals surface area contributed by atoms with Crippen LogP contribution in [0.25, 0.3) is 0 Å². The largest absolute Gasteiger partial charge is 0.382 e. The number of carbonyl (C=O) groups excluding carboxylic acids is 1. The second-order valence-corrected chi connectivity index (χ2v) is 3.64. The molecule has 0 aliphatic rings. The lowest BCUT2D eigenvalue weighted by molar-refractivity contribution is -0.118. The molecule has 0 aliphatic carbocycles. The fourth-order valence-electron chi connectivity index (χ4n) is 1.22. The van der Waals surface area contributed by atoms with Gasteiger partial charge in [-0.15, -0.1) is 0 Å². The van der Waals surface area contributed by atoms with Gasteiger partial charge in [-0.05, 0) is 20.3 Å². The molecule has 17 heavy (non-hydrogen) atoms. The van der Waals surface area contributed by atoms with Crippen molar-refractivity contribution in [1.29, 1.82) is 0 Å². The summed E-state index contributed by atoms with van der Waals surface area (Å²) in [6.07, 6.45) is 1.06. The first kappa shape index (κ1) is 15.7. The van der Waals surface area contributed by atoms with E-state index in [1.165, 1.54) is 0 Å². The van der Waals surface area contributed by atoms with Gasteiger partial charge in [-0.25, -0.2) is 5.84 Å². The summed E-state index contributed by atoms with van der Waals surface area (Å²) in [5.41, 5.74) is 7.52. The minimum Gasteiger partial charge on any atom is -0.382 e. The number of nitrogens with two attached hydrogens (primary N) is 2.